The van der Waals surface area contributed by atoms with Crippen LogP contribution in [0.4, 0.5) is 13.2 Å². The van der Waals surface area contributed by atoms with Crippen molar-refractivity contribution in [2.75, 3.05) is 6.54 Å². The number of rotatable bonds is 4. The summed E-state index contributed by atoms with van der Waals surface area (Å²) in [5.74, 6) is 0. The molecule has 1 nitrogen and oxygen atoms in total. The molecular formula is C12H17ClF3NRe. The molecule has 0 aliphatic carbocycles. The maximum absolute atomic E-state index is 12.4. The van der Waals surface area contributed by atoms with Crippen LogP contribution in [0.15, 0.2) is 24.3 Å². The predicted octanol–water partition coefficient (Wildman–Crippen LogP) is 3.67. The third-order valence-electron chi connectivity index (χ3n) is 2.35. The molecule has 0 fully saturated rings. The van der Waals surface area contributed by atoms with Crippen LogP contribution >= 0.6 is 12.4 Å². The van der Waals surface area contributed by atoms with Gasteiger partial charge in [0.2, 0.25) is 0 Å². The molecule has 0 saturated carbocycles. The van der Waals surface area contributed by atoms with E-state index < -0.39 is 11.7 Å². The fourth-order valence-electron chi connectivity index (χ4n) is 1.65. The van der Waals surface area contributed by atoms with E-state index in [1.165, 1.54) is 12.1 Å². The summed E-state index contributed by atoms with van der Waals surface area (Å²) in [7, 11) is 0. The molecular weight excluding hydrogens is 437 g/mol. The van der Waals surface area contributed by atoms with Gasteiger partial charge in [0, 0.05) is 26.5 Å². The standard InChI is InChI=1S/C12H16F3N.ClH.Re/c1-3-16-9(2)7-10-5-4-6-11(8-10)12(13,14)15;;/h4-6,8-9,16H,3,7H2,1-2H3;1H;. The van der Waals surface area contributed by atoms with Gasteiger partial charge in [-0.3, -0.25) is 0 Å². The fourth-order valence-corrected chi connectivity index (χ4v) is 1.65. The molecule has 18 heavy (non-hydrogen) atoms. The smallest absolute Gasteiger partial charge is 0.314 e. The minimum absolute atomic E-state index is 0. The molecule has 6 heteroatoms. The third-order valence-corrected chi connectivity index (χ3v) is 2.35. The molecule has 1 N–H and O–H groups in total. The summed E-state index contributed by atoms with van der Waals surface area (Å²) in [6.45, 7) is 4.76. The summed E-state index contributed by atoms with van der Waals surface area (Å²) in [6.07, 6.45) is -3.64. The number of benzene rings is 1. The summed E-state index contributed by atoms with van der Waals surface area (Å²) in [5, 5.41) is 3.17. The number of alkyl halides is 3. The van der Waals surface area contributed by atoms with Crippen LogP contribution in [0.5, 0.6) is 0 Å². The molecule has 1 rings (SSSR count). The topological polar surface area (TPSA) is 12.0 Å². The third kappa shape index (κ3) is 6.75. The first-order valence-corrected chi connectivity index (χ1v) is 5.33. The van der Waals surface area contributed by atoms with Crippen molar-refractivity contribution in [3.63, 3.8) is 0 Å². The molecule has 1 aromatic carbocycles. The van der Waals surface area contributed by atoms with Crippen LogP contribution in [-0.2, 0) is 33.0 Å². The van der Waals surface area contributed by atoms with E-state index in [0.717, 1.165) is 12.6 Å². The van der Waals surface area contributed by atoms with Crippen molar-refractivity contribution in [2.45, 2.75) is 32.5 Å². The SMILES string of the molecule is CCNC(C)Cc1cccc(C(F)(F)F)c1.Cl.[Re]. The van der Waals surface area contributed by atoms with Crippen LogP contribution in [0, 0.1) is 0 Å². The van der Waals surface area contributed by atoms with Crippen LogP contribution in [0.25, 0.3) is 0 Å². The van der Waals surface area contributed by atoms with Crippen LogP contribution in [0.3, 0.4) is 0 Å². The van der Waals surface area contributed by atoms with Crippen LogP contribution < -0.4 is 5.32 Å². The molecule has 0 saturated heterocycles. The molecule has 1 radical (unpaired) electrons. The van der Waals surface area contributed by atoms with E-state index in [0.29, 0.717) is 12.0 Å². The molecule has 0 heterocycles. The van der Waals surface area contributed by atoms with Crippen molar-refractivity contribution < 1.29 is 33.6 Å². The number of hydrogen-bond donors (Lipinski definition) is 1. The van der Waals surface area contributed by atoms with Crippen LogP contribution in [0.1, 0.15) is 25.0 Å². The van der Waals surface area contributed by atoms with Crippen molar-refractivity contribution in [3.8, 4) is 0 Å². The summed E-state index contributed by atoms with van der Waals surface area (Å²) in [4.78, 5) is 0. The van der Waals surface area contributed by atoms with E-state index in [2.05, 4.69) is 5.32 Å². The van der Waals surface area contributed by atoms with E-state index in [4.69, 9.17) is 0 Å². The van der Waals surface area contributed by atoms with Crippen molar-refractivity contribution >= 4 is 12.4 Å². The molecule has 0 aliphatic rings. The Bertz CT molecular complexity index is 344. The average molecular weight is 454 g/mol. The summed E-state index contributed by atoms with van der Waals surface area (Å²) >= 11 is 0. The Hall–Kier alpha value is -0.0777. The van der Waals surface area contributed by atoms with E-state index >= 15 is 0 Å². The zero-order chi connectivity index (χ0) is 12.2. The Kier molecular flexibility index (Phi) is 10.0. The monoisotopic (exact) mass is 454 g/mol. The van der Waals surface area contributed by atoms with Gasteiger partial charge in [0.05, 0.1) is 5.56 Å². The second-order valence-electron chi connectivity index (χ2n) is 3.86. The van der Waals surface area contributed by atoms with Gasteiger partial charge in [-0.2, -0.15) is 13.2 Å². The van der Waals surface area contributed by atoms with Gasteiger partial charge in [0.1, 0.15) is 0 Å². The molecule has 0 aromatic heterocycles. The summed E-state index contributed by atoms with van der Waals surface area (Å²) in [5.41, 5.74) is 0.136. The van der Waals surface area contributed by atoms with Gasteiger partial charge in [0.25, 0.3) is 0 Å². The maximum atomic E-state index is 12.4. The Labute approximate surface area is 126 Å². The fraction of sp³-hybridized carbons (Fsp3) is 0.500. The first-order valence-electron chi connectivity index (χ1n) is 5.33. The van der Waals surface area contributed by atoms with Gasteiger partial charge in [-0.15, -0.1) is 12.4 Å². The Morgan fingerprint density at radius 1 is 1.28 bits per heavy atom. The van der Waals surface area contributed by atoms with Gasteiger partial charge < -0.3 is 5.32 Å². The first-order chi connectivity index (χ1) is 7.43. The normalized spacial score (nSPS) is 12.3. The van der Waals surface area contributed by atoms with Gasteiger partial charge in [-0.25, -0.2) is 0 Å². The van der Waals surface area contributed by atoms with Crippen molar-refractivity contribution in [2.24, 2.45) is 0 Å². The second-order valence-corrected chi connectivity index (χ2v) is 3.86. The minimum atomic E-state index is -4.25. The zero-order valence-electron chi connectivity index (χ0n) is 10.2. The molecule has 0 amide bonds. The number of halogens is 4. The van der Waals surface area contributed by atoms with Gasteiger partial charge in [-0.05, 0) is 31.5 Å². The predicted molar refractivity (Wildman–Crippen MR) is 65.5 cm³/mol. The first kappa shape index (κ1) is 20.2. The van der Waals surface area contributed by atoms with Gasteiger partial charge in [-0.1, -0.05) is 25.1 Å². The molecule has 1 atom stereocenters. The Balaban J connectivity index is 0. The average Bonchev–Trinajstić information content (AvgIpc) is 2.17. The second kappa shape index (κ2) is 8.93. The van der Waals surface area contributed by atoms with Crippen molar-refractivity contribution in [1.82, 2.24) is 5.32 Å². The molecule has 0 aliphatic heterocycles. The van der Waals surface area contributed by atoms with E-state index in [1.54, 1.807) is 6.07 Å². The largest absolute Gasteiger partial charge is 0.416 e. The Morgan fingerprint density at radius 3 is 2.39 bits per heavy atom. The minimum Gasteiger partial charge on any atom is -0.314 e. The van der Waals surface area contributed by atoms with Gasteiger partial charge >= 0.3 is 6.18 Å². The summed E-state index contributed by atoms with van der Waals surface area (Å²) < 4.78 is 37.3. The quantitative estimate of drug-likeness (QED) is 0.733. The molecule has 1 aromatic rings. The maximum Gasteiger partial charge on any atom is 0.416 e. The van der Waals surface area contributed by atoms with Crippen LogP contribution in [-0.4, -0.2) is 12.6 Å². The van der Waals surface area contributed by atoms with Gasteiger partial charge in [0.15, 0.2) is 0 Å². The van der Waals surface area contributed by atoms with E-state index in [9.17, 15) is 13.2 Å². The number of likely N-dealkylation sites (N-methyl/N-ethyl adjacent to an activating group) is 1. The number of nitrogens with one attached hydrogen (secondary N) is 1. The van der Waals surface area contributed by atoms with Crippen LogP contribution in [0.2, 0.25) is 0 Å². The van der Waals surface area contributed by atoms with E-state index in [1.807, 2.05) is 13.8 Å². The molecule has 1 unspecified atom stereocenters. The summed E-state index contributed by atoms with van der Waals surface area (Å²) in [6, 6.07) is 5.68. The molecule has 0 bridgehead atoms. The molecule has 0 spiro atoms. The zero-order valence-corrected chi connectivity index (χ0v) is 13.8. The molecule has 105 valence electrons. The Morgan fingerprint density at radius 2 is 1.89 bits per heavy atom. The van der Waals surface area contributed by atoms with Crippen molar-refractivity contribution in [3.05, 3.63) is 35.4 Å². The van der Waals surface area contributed by atoms with E-state index in [-0.39, 0.29) is 38.9 Å². The number of hydrogen-bond acceptors (Lipinski definition) is 1. The van der Waals surface area contributed by atoms with Crippen molar-refractivity contribution in [1.29, 1.82) is 0 Å².